The highest BCUT2D eigenvalue weighted by atomic mass is 16.6. The molecule has 32 heavy (non-hydrogen) atoms. The van der Waals surface area contributed by atoms with Crippen LogP contribution in [-0.4, -0.2) is 45.6 Å². The van der Waals surface area contributed by atoms with E-state index in [2.05, 4.69) is 0 Å². The molecule has 0 aliphatic rings. The van der Waals surface area contributed by atoms with Crippen molar-refractivity contribution in [3.05, 3.63) is 41.5 Å². The van der Waals surface area contributed by atoms with Crippen molar-refractivity contribution in [1.29, 1.82) is 0 Å². The molecule has 0 fully saturated rings. The fourth-order valence-electron chi connectivity index (χ4n) is 3.24. The van der Waals surface area contributed by atoms with Crippen LogP contribution in [0.1, 0.15) is 38.0 Å². The number of hydrogen-bond donors (Lipinski definition) is 1. The summed E-state index contributed by atoms with van der Waals surface area (Å²) in [4.78, 5) is 11.9. The first kappa shape index (κ1) is 24.7. The normalized spacial score (nSPS) is 12.7. The van der Waals surface area contributed by atoms with E-state index in [0.29, 0.717) is 22.8 Å². The largest absolute Gasteiger partial charge is 0.502 e. The molecule has 0 heterocycles. The maximum absolute atomic E-state index is 11.9. The van der Waals surface area contributed by atoms with Gasteiger partial charge in [0, 0.05) is 12.5 Å². The van der Waals surface area contributed by atoms with E-state index in [9.17, 15) is 9.90 Å². The van der Waals surface area contributed by atoms with E-state index in [1.165, 1.54) is 35.4 Å². The van der Waals surface area contributed by atoms with E-state index in [0.717, 1.165) is 5.56 Å². The zero-order chi connectivity index (χ0) is 23.8. The van der Waals surface area contributed by atoms with Crippen LogP contribution in [0.3, 0.4) is 0 Å². The Labute approximate surface area is 188 Å². The van der Waals surface area contributed by atoms with Gasteiger partial charge in [0.2, 0.25) is 11.5 Å². The van der Waals surface area contributed by atoms with Crippen LogP contribution in [0.2, 0.25) is 0 Å². The van der Waals surface area contributed by atoms with Crippen molar-refractivity contribution in [1.82, 2.24) is 0 Å². The van der Waals surface area contributed by atoms with Crippen molar-refractivity contribution in [2.45, 2.75) is 33.0 Å². The molecule has 2 aromatic rings. The van der Waals surface area contributed by atoms with Crippen LogP contribution in [0, 0.1) is 0 Å². The van der Waals surface area contributed by atoms with Gasteiger partial charge in [-0.2, -0.15) is 0 Å². The molecule has 0 spiro atoms. The van der Waals surface area contributed by atoms with Crippen LogP contribution in [0.25, 0.3) is 6.08 Å². The summed E-state index contributed by atoms with van der Waals surface area (Å²) in [6, 6.07) is 6.76. The van der Waals surface area contributed by atoms with Crippen LogP contribution < -0.4 is 23.7 Å². The predicted molar refractivity (Wildman–Crippen MR) is 120 cm³/mol. The Balaban J connectivity index is 2.52. The van der Waals surface area contributed by atoms with Gasteiger partial charge in [-0.15, -0.1) is 0 Å². The lowest BCUT2D eigenvalue weighted by Crippen LogP contribution is -2.26. The lowest BCUT2D eigenvalue weighted by molar-refractivity contribution is -0.151. The molecule has 0 saturated heterocycles. The Morgan fingerprint density at radius 1 is 0.906 bits per heavy atom. The fraction of sp³-hybridized carbons (Fsp3) is 0.375. The molecule has 174 valence electrons. The van der Waals surface area contributed by atoms with Gasteiger partial charge in [0.05, 0.1) is 28.4 Å². The highest BCUT2D eigenvalue weighted by molar-refractivity contribution is 5.67. The maximum atomic E-state index is 11.9. The molecule has 0 aliphatic carbocycles. The number of phenolic OH excluding ortho intramolecular Hbond substituents is 1. The van der Waals surface area contributed by atoms with Crippen LogP contribution >= 0.6 is 0 Å². The second kappa shape index (κ2) is 11.2. The molecule has 2 rings (SSSR count). The number of allylic oxidation sites excluding steroid dienone is 1. The number of methoxy groups -OCH3 is 4. The van der Waals surface area contributed by atoms with Crippen molar-refractivity contribution in [2.24, 2.45) is 0 Å². The summed E-state index contributed by atoms with van der Waals surface area (Å²) in [5.41, 5.74) is 1.40. The molecular weight excluding hydrogens is 416 g/mol. The predicted octanol–water partition coefficient (Wildman–Crippen LogP) is 4.53. The van der Waals surface area contributed by atoms with Gasteiger partial charge < -0.3 is 33.5 Å². The number of benzene rings is 2. The zero-order valence-corrected chi connectivity index (χ0v) is 19.4. The van der Waals surface area contributed by atoms with Gasteiger partial charge in [0.25, 0.3) is 0 Å². The highest BCUT2D eigenvalue weighted by Gasteiger charge is 2.29. The molecule has 2 atom stereocenters. The Morgan fingerprint density at radius 2 is 1.41 bits per heavy atom. The molecular formula is C24H30O8. The first-order chi connectivity index (χ1) is 15.3. The third-order valence-corrected chi connectivity index (χ3v) is 4.70. The zero-order valence-electron chi connectivity index (χ0n) is 19.4. The lowest BCUT2D eigenvalue weighted by atomic mass is 10.0. The Hall–Kier alpha value is -3.55. The number of phenols is 1. The van der Waals surface area contributed by atoms with E-state index >= 15 is 0 Å². The average Bonchev–Trinajstić information content (AvgIpc) is 2.78. The molecule has 2 aromatic carbocycles. The Bertz CT molecular complexity index is 916. The monoisotopic (exact) mass is 446 g/mol. The summed E-state index contributed by atoms with van der Waals surface area (Å²) < 4.78 is 33.2. The third kappa shape index (κ3) is 5.57. The first-order valence-corrected chi connectivity index (χ1v) is 9.96. The SMILES string of the molecule is CC=Cc1cc(OC)c(O[C@H](C)[C@@H](OC(C)=O)c2cc(OC)c(O)c(OC)c2)c(OC)c1. The number of esters is 1. The molecule has 8 heteroatoms. The molecule has 8 nitrogen and oxygen atoms in total. The smallest absolute Gasteiger partial charge is 0.303 e. The molecule has 1 N–H and O–H groups in total. The topological polar surface area (TPSA) is 92.7 Å². The Morgan fingerprint density at radius 3 is 1.81 bits per heavy atom. The van der Waals surface area contributed by atoms with Crippen LogP contribution in [-0.2, 0) is 9.53 Å². The number of aromatic hydroxyl groups is 1. The van der Waals surface area contributed by atoms with Crippen molar-refractivity contribution in [3.63, 3.8) is 0 Å². The summed E-state index contributed by atoms with van der Waals surface area (Å²) in [5, 5.41) is 10.2. The number of carbonyl (C=O) groups is 1. The summed E-state index contributed by atoms with van der Waals surface area (Å²) >= 11 is 0. The van der Waals surface area contributed by atoms with Crippen molar-refractivity contribution in [3.8, 4) is 34.5 Å². The summed E-state index contributed by atoms with van der Waals surface area (Å²) in [7, 11) is 5.90. The minimum absolute atomic E-state index is 0.156. The number of rotatable bonds is 10. The third-order valence-electron chi connectivity index (χ3n) is 4.70. The van der Waals surface area contributed by atoms with Gasteiger partial charge in [-0.05, 0) is 43.7 Å². The van der Waals surface area contributed by atoms with E-state index < -0.39 is 18.2 Å². The standard InChI is InChI=1S/C24H30O8/c1-8-9-16-10-20(29-6)24(21(11-16)30-7)31-14(2)23(32-15(3)25)17-12-18(27-4)22(26)19(13-17)28-5/h8-14,23,26H,1-7H3/t14-,23-/m1/s1. The minimum atomic E-state index is -0.847. The molecule has 0 radical (unpaired) electrons. The second-order valence-electron chi connectivity index (χ2n) is 6.88. The van der Waals surface area contributed by atoms with Gasteiger partial charge >= 0.3 is 5.97 Å². The maximum Gasteiger partial charge on any atom is 0.303 e. The van der Waals surface area contributed by atoms with Gasteiger partial charge in [0.1, 0.15) is 6.10 Å². The van der Waals surface area contributed by atoms with Crippen LogP contribution in [0.4, 0.5) is 0 Å². The number of carbonyl (C=O) groups excluding carboxylic acids is 1. The fourth-order valence-corrected chi connectivity index (χ4v) is 3.24. The quantitative estimate of drug-likeness (QED) is 0.532. The van der Waals surface area contributed by atoms with Crippen molar-refractivity contribution >= 4 is 12.0 Å². The lowest BCUT2D eigenvalue weighted by Gasteiger charge is -2.27. The molecule has 0 saturated carbocycles. The molecule has 0 aliphatic heterocycles. The second-order valence-corrected chi connectivity index (χ2v) is 6.88. The van der Waals surface area contributed by atoms with Gasteiger partial charge in [-0.25, -0.2) is 0 Å². The van der Waals surface area contributed by atoms with E-state index in [1.54, 1.807) is 19.1 Å². The van der Waals surface area contributed by atoms with Crippen molar-refractivity contribution in [2.75, 3.05) is 28.4 Å². The number of hydrogen-bond acceptors (Lipinski definition) is 8. The molecule has 0 bridgehead atoms. The van der Waals surface area contributed by atoms with E-state index in [-0.39, 0.29) is 17.2 Å². The summed E-state index contributed by atoms with van der Waals surface area (Å²) in [6.07, 6.45) is 2.29. The first-order valence-electron chi connectivity index (χ1n) is 9.96. The minimum Gasteiger partial charge on any atom is -0.502 e. The summed E-state index contributed by atoms with van der Waals surface area (Å²) in [6.45, 7) is 4.97. The number of ether oxygens (including phenoxy) is 6. The van der Waals surface area contributed by atoms with E-state index in [4.69, 9.17) is 28.4 Å². The Kier molecular flexibility index (Phi) is 8.63. The molecule has 0 unspecified atom stereocenters. The van der Waals surface area contributed by atoms with Gasteiger partial charge in [-0.3, -0.25) is 4.79 Å². The van der Waals surface area contributed by atoms with Gasteiger partial charge in [-0.1, -0.05) is 12.2 Å². The summed E-state index contributed by atoms with van der Waals surface area (Å²) in [5.74, 6) is 0.990. The van der Waals surface area contributed by atoms with Crippen LogP contribution in [0.15, 0.2) is 30.3 Å². The highest BCUT2D eigenvalue weighted by Crippen LogP contribution is 2.43. The average molecular weight is 446 g/mol. The molecule has 0 aromatic heterocycles. The van der Waals surface area contributed by atoms with Crippen LogP contribution in [0.5, 0.6) is 34.5 Å². The van der Waals surface area contributed by atoms with Gasteiger partial charge in [0.15, 0.2) is 29.1 Å². The van der Waals surface area contributed by atoms with Crippen molar-refractivity contribution < 1.29 is 38.3 Å². The van der Waals surface area contributed by atoms with E-state index in [1.807, 2.05) is 31.2 Å². The molecule has 0 amide bonds.